The third-order valence-corrected chi connectivity index (χ3v) is 5.89. The Bertz CT molecular complexity index is 440. The normalized spacial score (nSPS) is 34.6. The molecule has 0 N–H and O–H groups in total. The molecule has 2 aliphatic carbocycles. The zero-order chi connectivity index (χ0) is 13.1. The van der Waals surface area contributed by atoms with Gasteiger partial charge in [0.15, 0.2) is 0 Å². The molecule has 0 spiro atoms. The summed E-state index contributed by atoms with van der Waals surface area (Å²) in [7, 11) is 0. The Kier molecular flexibility index (Phi) is 4.22. The molecule has 1 saturated carbocycles. The fourth-order valence-corrected chi connectivity index (χ4v) is 4.69. The molecule has 0 nitrogen and oxygen atoms in total. The molecule has 1 heteroatoms. The van der Waals surface area contributed by atoms with Crippen LogP contribution in [0.15, 0.2) is 41.8 Å². The number of allylic oxidation sites excluding steroid dienone is 4. The Labute approximate surface area is 121 Å². The van der Waals surface area contributed by atoms with Crippen molar-refractivity contribution in [2.75, 3.05) is 0 Å². The lowest BCUT2D eigenvalue weighted by Crippen LogP contribution is -2.30. The van der Waals surface area contributed by atoms with Gasteiger partial charge in [0, 0.05) is 4.88 Å². The molecule has 4 atom stereocenters. The average molecular weight is 272 g/mol. The lowest BCUT2D eigenvalue weighted by atomic mass is 9.67. The van der Waals surface area contributed by atoms with Crippen molar-refractivity contribution in [1.82, 2.24) is 0 Å². The maximum absolute atomic E-state index is 2.49. The van der Waals surface area contributed by atoms with Gasteiger partial charge in [0.25, 0.3) is 0 Å². The lowest BCUT2D eigenvalue weighted by Gasteiger charge is -2.38. The van der Waals surface area contributed by atoms with Gasteiger partial charge in [-0.15, -0.1) is 11.3 Å². The molecule has 2 unspecified atom stereocenters. The maximum Gasteiger partial charge on any atom is 0.00512 e. The van der Waals surface area contributed by atoms with Crippen LogP contribution in [0.5, 0.6) is 0 Å². The predicted molar refractivity (Wildman–Crippen MR) is 84.4 cm³/mol. The highest BCUT2D eigenvalue weighted by Gasteiger charge is 2.32. The van der Waals surface area contributed by atoms with E-state index >= 15 is 0 Å². The summed E-state index contributed by atoms with van der Waals surface area (Å²) in [6.07, 6.45) is 16.5. The van der Waals surface area contributed by atoms with Crippen molar-refractivity contribution in [1.29, 1.82) is 0 Å². The first kappa shape index (κ1) is 13.2. The first-order valence-corrected chi connectivity index (χ1v) is 8.60. The number of hydrogen-bond acceptors (Lipinski definition) is 1. The summed E-state index contributed by atoms with van der Waals surface area (Å²) in [6.45, 7) is 2.47. The molecular formula is C18H24S. The molecule has 1 aromatic heterocycles. The van der Waals surface area contributed by atoms with E-state index in [2.05, 4.69) is 48.7 Å². The molecule has 0 aromatic carbocycles. The Morgan fingerprint density at radius 2 is 2.00 bits per heavy atom. The topological polar surface area (TPSA) is 0 Å². The van der Waals surface area contributed by atoms with Crippen LogP contribution in [0.25, 0.3) is 0 Å². The first-order chi connectivity index (χ1) is 9.34. The van der Waals surface area contributed by atoms with Gasteiger partial charge in [-0.05, 0) is 48.0 Å². The highest BCUT2D eigenvalue weighted by molar-refractivity contribution is 7.09. The minimum atomic E-state index is 0.717. The average Bonchev–Trinajstić information content (AvgIpc) is 2.93. The summed E-state index contributed by atoms with van der Waals surface area (Å²) in [5.41, 5.74) is 0. The van der Waals surface area contributed by atoms with E-state index in [0.29, 0.717) is 5.92 Å². The molecule has 102 valence electrons. The summed E-state index contributed by atoms with van der Waals surface area (Å²) < 4.78 is 0. The second-order valence-electron chi connectivity index (χ2n) is 6.22. The first-order valence-electron chi connectivity index (χ1n) is 7.72. The van der Waals surface area contributed by atoms with E-state index in [4.69, 9.17) is 0 Å². The molecule has 3 rings (SSSR count). The highest BCUT2D eigenvalue weighted by Crippen LogP contribution is 2.41. The molecule has 0 saturated heterocycles. The van der Waals surface area contributed by atoms with Crippen LogP contribution in [-0.4, -0.2) is 0 Å². The van der Waals surface area contributed by atoms with E-state index in [1.54, 1.807) is 4.88 Å². The molecule has 2 aliphatic rings. The molecule has 0 bridgehead atoms. The van der Waals surface area contributed by atoms with Crippen LogP contribution < -0.4 is 0 Å². The molecule has 1 heterocycles. The van der Waals surface area contributed by atoms with Gasteiger partial charge in [0.1, 0.15) is 0 Å². The van der Waals surface area contributed by atoms with Crippen LogP contribution in [0.1, 0.15) is 37.5 Å². The second kappa shape index (κ2) is 6.09. The third kappa shape index (κ3) is 3.02. The van der Waals surface area contributed by atoms with Gasteiger partial charge in [-0.1, -0.05) is 56.6 Å². The van der Waals surface area contributed by atoms with Gasteiger partial charge in [0.2, 0.25) is 0 Å². The standard InChI is InChI=1S/C18H24S/c1-14-7-2-4-10-17(14)18-11-5-3-8-15(18)13-16-9-6-12-19-16/h3,5-6,8-9,11-12,14-15,17-18H,2,4,7,10,13H2,1H3/t14-,15?,17+,18?/m0/s1. The third-order valence-electron chi connectivity index (χ3n) is 4.99. The Morgan fingerprint density at radius 1 is 1.16 bits per heavy atom. The van der Waals surface area contributed by atoms with E-state index < -0.39 is 0 Å². The van der Waals surface area contributed by atoms with Crippen molar-refractivity contribution in [3.05, 3.63) is 46.7 Å². The fraction of sp³-hybridized carbons (Fsp3) is 0.556. The monoisotopic (exact) mass is 272 g/mol. The van der Waals surface area contributed by atoms with E-state index in [1.165, 1.54) is 32.1 Å². The van der Waals surface area contributed by atoms with Crippen LogP contribution in [0.3, 0.4) is 0 Å². The molecule has 0 amide bonds. The van der Waals surface area contributed by atoms with Crippen molar-refractivity contribution in [3.8, 4) is 0 Å². The predicted octanol–water partition coefficient (Wildman–Crippen LogP) is 5.48. The summed E-state index contributed by atoms with van der Waals surface area (Å²) in [6, 6.07) is 4.47. The van der Waals surface area contributed by atoms with Crippen LogP contribution in [0.4, 0.5) is 0 Å². The molecule has 1 fully saturated rings. The van der Waals surface area contributed by atoms with Crippen molar-refractivity contribution >= 4 is 11.3 Å². The molecule has 0 radical (unpaired) electrons. The summed E-state index contributed by atoms with van der Waals surface area (Å²) >= 11 is 1.91. The van der Waals surface area contributed by atoms with Gasteiger partial charge in [-0.2, -0.15) is 0 Å². The smallest absolute Gasteiger partial charge is 0.00512 e. The van der Waals surface area contributed by atoms with Crippen molar-refractivity contribution < 1.29 is 0 Å². The van der Waals surface area contributed by atoms with Gasteiger partial charge in [0.05, 0.1) is 0 Å². The van der Waals surface area contributed by atoms with Gasteiger partial charge >= 0.3 is 0 Å². The molecular weight excluding hydrogens is 248 g/mol. The minimum Gasteiger partial charge on any atom is -0.149 e. The Hall–Kier alpha value is -0.820. The van der Waals surface area contributed by atoms with E-state index in [9.17, 15) is 0 Å². The Balaban J connectivity index is 1.74. The number of hydrogen-bond donors (Lipinski definition) is 0. The highest BCUT2D eigenvalue weighted by atomic mass is 32.1. The van der Waals surface area contributed by atoms with E-state index in [-0.39, 0.29) is 0 Å². The zero-order valence-electron chi connectivity index (χ0n) is 11.8. The number of thiophene rings is 1. The number of rotatable bonds is 3. The largest absolute Gasteiger partial charge is 0.149 e. The molecule has 1 aromatic rings. The maximum atomic E-state index is 2.49. The van der Waals surface area contributed by atoms with Crippen molar-refractivity contribution in [2.45, 2.75) is 39.0 Å². The summed E-state index contributed by atoms with van der Waals surface area (Å²) in [5, 5.41) is 2.20. The van der Waals surface area contributed by atoms with Crippen molar-refractivity contribution in [2.24, 2.45) is 23.7 Å². The summed E-state index contributed by atoms with van der Waals surface area (Å²) in [4.78, 5) is 1.54. The summed E-state index contributed by atoms with van der Waals surface area (Å²) in [5.74, 6) is 3.29. The van der Waals surface area contributed by atoms with Gasteiger partial charge in [-0.3, -0.25) is 0 Å². The van der Waals surface area contributed by atoms with Gasteiger partial charge in [-0.25, -0.2) is 0 Å². The minimum absolute atomic E-state index is 0.717. The molecule has 0 aliphatic heterocycles. The van der Waals surface area contributed by atoms with E-state index in [0.717, 1.165) is 17.8 Å². The van der Waals surface area contributed by atoms with Crippen molar-refractivity contribution in [3.63, 3.8) is 0 Å². The van der Waals surface area contributed by atoms with Crippen LogP contribution in [0, 0.1) is 23.7 Å². The van der Waals surface area contributed by atoms with E-state index in [1.807, 2.05) is 11.3 Å². The SMILES string of the molecule is C[C@H]1CCCC[C@H]1C1C=CC=CC1Cc1cccs1. The second-order valence-corrected chi connectivity index (χ2v) is 7.25. The molecule has 19 heavy (non-hydrogen) atoms. The van der Waals surface area contributed by atoms with Crippen LogP contribution >= 0.6 is 11.3 Å². The van der Waals surface area contributed by atoms with Crippen LogP contribution in [0.2, 0.25) is 0 Å². The van der Waals surface area contributed by atoms with Gasteiger partial charge < -0.3 is 0 Å². The quantitative estimate of drug-likeness (QED) is 0.684. The Morgan fingerprint density at radius 3 is 2.79 bits per heavy atom. The van der Waals surface area contributed by atoms with Crippen LogP contribution in [-0.2, 0) is 6.42 Å². The fourth-order valence-electron chi connectivity index (χ4n) is 3.91. The zero-order valence-corrected chi connectivity index (χ0v) is 12.6. The lowest BCUT2D eigenvalue weighted by molar-refractivity contribution is 0.172.